The van der Waals surface area contributed by atoms with Crippen molar-refractivity contribution < 1.29 is 23.9 Å². The summed E-state index contributed by atoms with van der Waals surface area (Å²) >= 11 is 5.98. The van der Waals surface area contributed by atoms with Crippen LogP contribution in [-0.4, -0.2) is 38.6 Å². The van der Waals surface area contributed by atoms with E-state index < -0.39 is 11.9 Å². The molecule has 148 valence electrons. The predicted molar refractivity (Wildman–Crippen MR) is 106 cm³/mol. The highest BCUT2D eigenvalue weighted by Gasteiger charge is 2.17. The number of anilines is 1. The molecule has 0 unspecified atom stereocenters. The Morgan fingerprint density at radius 3 is 2.39 bits per heavy atom. The number of esters is 2. The van der Waals surface area contributed by atoms with E-state index in [4.69, 9.17) is 16.3 Å². The van der Waals surface area contributed by atoms with Crippen LogP contribution in [0.3, 0.4) is 0 Å². The van der Waals surface area contributed by atoms with Crippen molar-refractivity contribution in [2.24, 2.45) is 0 Å². The molecule has 2 rings (SSSR count). The molecular weight excluding hydrogens is 384 g/mol. The van der Waals surface area contributed by atoms with E-state index in [1.807, 2.05) is 25.1 Å². The minimum Gasteiger partial charge on any atom is -0.465 e. The summed E-state index contributed by atoms with van der Waals surface area (Å²) in [6.07, 6.45) is 0. The van der Waals surface area contributed by atoms with Crippen molar-refractivity contribution in [3.05, 3.63) is 64.2 Å². The molecule has 7 nitrogen and oxygen atoms in total. The van der Waals surface area contributed by atoms with Gasteiger partial charge >= 0.3 is 11.9 Å². The monoisotopic (exact) mass is 404 g/mol. The lowest BCUT2D eigenvalue weighted by atomic mass is 10.1. The van der Waals surface area contributed by atoms with Crippen molar-refractivity contribution in [3.63, 3.8) is 0 Å². The van der Waals surface area contributed by atoms with Gasteiger partial charge in [0.15, 0.2) is 0 Å². The zero-order valence-corrected chi connectivity index (χ0v) is 16.5. The highest BCUT2D eigenvalue weighted by Crippen LogP contribution is 2.20. The van der Waals surface area contributed by atoms with Gasteiger partial charge in [0.2, 0.25) is 5.91 Å². The molecule has 0 aliphatic rings. The number of rotatable bonds is 7. The first-order chi connectivity index (χ1) is 13.3. The van der Waals surface area contributed by atoms with Gasteiger partial charge in [-0.1, -0.05) is 23.7 Å². The third-order valence-electron chi connectivity index (χ3n) is 4.04. The quantitative estimate of drug-likeness (QED) is 0.688. The number of halogens is 1. The van der Waals surface area contributed by atoms with Gasteiger partial charge in [0.05, 0.1) is 37.6 Å². The number of methoxy groups -OCH3 is 2. The standard InChI is InChI=1S/C20H21ClN2O5/c1-12(13-5-4-6-15(21)9-13)22-11-18(24)23-17-10-14(19(25)27-2)7-8-16(17)20(26)28-3/h4-10,12,22H,11H2,1-3H3,(H,23,24)/t12-/m0/s1. The van der Waals surface area contributed by atoms with Gasteiger partial charge in [0.25, 0.3) is 0 Å². The second kappa shape index (κ2) is 9.87. The molecule has 0 aromatic heterocycles. The second-order valence-electron chi connectivity index (χ2n) is 5.95. The van der Waals surface area contributed by atoms with Crippen molar-refractivity contribution in [2.75, 3.05) is 26.1 Å². The first kappa shape index (κ1) is 21.4. The fourth-order valence-corrected chi connectivity index (χ4v) is 2.71. The SMILES string of the molecule is COC(=O)c1ccc(C(=O)OC)c(NC(=O)CN[C@@H](C)c2cccc(Cl)c2)c1. The van der Waals surface area contributed by atoms with Crippen molar-refractivity contribution in [1.82, 2.24) is 5.32 Å². The predicted octanol–water partition coefficient (Wildman–Crippen LogP) is 3.20. The molecule has 2 N–H and O–H groups in total. The Morgan fingerprint density at radius 2 is 1.75 bits per heavy atom. The van der Waals surface area contributed by atoms with Crippen molar-refractivity contribution in [2.45, 2.75) is 13.0 Å². The molecule has 0 aliphatic carbocycles. The van der Waals surface area contributed by atoms with E-state index in [0.717, 1.165) is 5.56 Å². The van der Waals surface area contributed by atoms with E-state index in [2.05, 4.69) is 15.4 Å². The van der Waals surface area contributed by atoms with Crippen molar-refractivity contribution in [3.8, 4) is 0 Å². The van der Waals surface area contributed by atoms with Crippen LogP contribution in [0.1, 0.15) is 39.2 Å². The fourth-order valence-electron chi connectivity index (χ4n) is 2.51. The van der Waals surface area contributed by atoms with E-state index >= 15 is 0 Å². The maximum atomic E-state index is 12.4. The third kappa shape index (κ3) is 5.55. The Bertz CT molecular complexity index is 885. The number of ether oxygens (including phenoxy) is 2. The van der Waals surface area contributed by atoms with Crippen LogP contribution < -0.4 is 10.6 Å². The molecule has 0 saturated carbocycles. The summed E-state index contributed by atoms with van der Waals surface area (Å²) in [6, 6.07) is 11.4. The van der Waals surface area contributed by atoms with Crippen LogP contribution in [0, 0.1) is 0 Å². The van der Waals surface area contributed by atoms with Gasteiger partial charge < -0.3 is 20.1 Å². The Morgan fingerprint density at radius 1 is 1.04 bits per heavy atom. The maximum absolute atomic E-state index is 12.4. The van der Waals surface area contributed by atoms with Crippen LogP contribution in [0.2, 0.25) is 5.02 Å². The number of nitrogens with one attached hydrogen (secondary N) is 2. The van der Waals surface area contributed by atoms with Crippen LogP contribution in [0.4, 0.5) is 5.69 Å². The summed E-state index contributed by atoms with van der Waals surface area (Å²) in [5, 5.41) is 6.32. The summed E-state index contributed by atoms with van der Waals surface area (Å²) in [5.74, 6) is -1.60. The van der Waals surface area contributed by atoms with Crippen LogP contribution >= 0.6 is 11.6 Å². The second-order valence-corrected chi connectivity index (χ2v) is 6.39. The number of hydrogen-bond acceptors (Lipinski definition) is 6. The molecule has 2 aromatic carbocycles. The van der Waals surface area contributed by atoms with Crippen LogP contribution in [0.25, 0.3) is 0 Å². The van der Waals surface area contributed by atoms with Crippen LogP contribution in [0.5, 0.6) is 0 Å². The molecule has 0 radical (unpaired) electrons. The highest BCUT2D eigenvalue weighted by atomic mass is 35.5. The molecule has 0 bridgehead atoms. The van der Waals surface area contributed by atoms with Gasteiger partial charge in [-0.15, -0.1) is 0 Å². The molecular formula is C20H21ClN2O5. The van der Waals surface area contributed by atoms with E-state index in [0.29, 0.717) is 5.02 Å². The van der Waals surface area contributed by atoms with Crippen molar-refractivity contribution in [1.29, 1.82) is 0 Å². The lowest BCUT2D eigenvalue weighted by Crippen LogP contribution is -2.30. The smallest absolute Gasteiger partial charge is 0.339 e. The molecule has 0 saturated heterocycles. The van der Waals surface area contributed by atoms with Gasteiger partial charge in [-0.2, -0.15) is 0 Å². The Kier molecular flexibility index (Phi) is 7.54. The first-order valence-corrected chi connectivity index (χ1v) is 8.83. The summed E-state index contributed by atoms with van der Waals surface area (Å²) in [7, 11) is 2.48. The summed E-state index contributed by atoms with van der Waals surface area (Å²) in [5.41, 5.74) is 1.43. The number of hydrogen-bond donors (Lipinski definition) is 2. The number of carbonyl (C=O) groups is 3. The normalized spacial score (nSPS) is 11.4. The largest absolute Gasteiger partial charge is 0.465 e. The highest BCUT2D eigenvalue weighted by molar-refractivity contribution is 6.30. The molecule has 8 heteroatoms. The Labute approximate surface area is 168 Å². The summed E-state index contributed by atoms with van der Waals surface area (Å²) in [4.78, 5) is 36.0. The number of carbonyl (C=O) groups excluding carboxylic acids is 3. The molecule has 1 amide bonds. The van der Waals surface area contributed by atoms with Gasteiger partial charge in [-0.3, -0.25) is 4.79 Å². The lowest BCUT2D eigenvalue weighted by molar-refractivity contribution is -0.115. The number of amides is 1. The Balaban J connectivity index is 2.10. The topological polar surface area (TPSA) is 93.7 Å². The molecule has 28 heavy (non-hydrogen) atoms. The average molecular weight is 405 g/mol. The third-order valence-corrected chi connectivity index (χ3v) is 4.27. The molecule has 0 fully saturated rings. The van der Waals surface area contributed by atoms with Gasteiger partial charge in [-0.05, 0) is 42.8 Å². The summed E-state index contributed by atoms with van der Waals surface area (Å²) < 4.78 is 9.39. The van der Waals surface area contributed by atoms with Gasteiger partial charge in [0, 0.05) is 11.1 Å². The first-order valence-electron chi connectivity index (χ1n) is 8.45. The Hall–Kier alpha value is -2.90. The minimum absolute atomic E-state index is 0.0171. The molecule has 0 heterocycles. The van der Waals surface area contributed by atoms with Crippen LogP contribution in [-0.2, 0) is 14.3 Å². The summed E-state index contributed by atoms with van der Waals surface area (Å²) in [6.45, 7) is 1.88. The number of benzene rings is 2. The minimum atomic E-state index is -0.632. The molecule has 2 aromatic rings. The van der Waals surface area contributed by atoms with E-state index in [9.17, 15) is 14.4 Å². The van der Waals surface area contributed by atoms with E-state index in [1.54, 1.807) is 6.07 Å². The maximum Gasteiger partial charge on any atom is 0.339 e. The average Bonchev–Trinajstić information content (AvgIpc) is 2.70. The van der Waals surface area contributed by atoms with Gasteiger partial charge in [0.1, 0.15) is 0 Å². The molecule has 1 atom stereocenters. The van der Waals surface area contributed by atoms with E-state index in [1.165, 1.54) is 32.4 Å². The van der Waals surface area contributed by atoms with Crippen LogP contribution in [0.15, 0.2) is 42.5 Å². The van der Waals surface area contributed by atoms with Gasteiger partial charge in [-0.25, -0.2) is 9.59 Å². The molecule has 0 spiro atoms. The zero-order valence-electron chi connectivity index (χ0n) is 15.7. The zero-order chi connectivity index (χ0) is 20.7. The fraction of sp³-hybridized carbons (Fsp3) is 0.250. The van der Waals surface area contributed by atoms with E-state index in [-0.39, 0.29) is 35.3 Å². The van der Waals surface area contributed by atoms with Crippen molar-refractivity contribution >= 4 is 35.1 Å². The molecule has 0 aliphatic heterocycles. The lowest BCUT2D eigenvalue weighted by Gasteiger charge is -2.15.